The van der Waals surface area contributed by atoms with E-state index in [2.05, 4.69) is 16.8 Å². The summed E-state index contributed by atoms with van der Waals surface area (Å²) in [6, 6.07) is 0. The van der Waals surface area contributed by atoms with E-state index in [1.807, 2.05) is 0 Å². The van der Waals surface area contributed by atoms with E-state index in [1.54, 1.807) is 5.48 Å². The number of thiocarbonyl (C=S) groups is 1. The van der Waals surface area contributed by atoms with E-state index < -0.39 is 18.1 Å². The van der Waals surface area contributed by atoms with Gasteiger partial charge in [-0.2, -0.15) is 5.48 Å². The fraction of sp³-hybridized carbons (Fsp3) is 0.750. The lowest BCUT2D eigenvalue weighted by molar-refractivity contribution is 0.135. The summed E-state index contributed by atoms with van der Waals surface area (Å²) in [6.07, 6.45) is -1.25. The highest BCUT2D eigenvalue weighted by atomic mass is 32.2. The molecule has 2 atom stereocenters. The van der Waals surface area contributed by atoms with Gasteiger partial charge in [0.25, 0.3) is 0 Å². The largest absolute Gasteiger partial charge is 0.393 e. The van der Waals surface area contributed by atoms with E-state index >= 15 is 0 Å². The standard InChI is InChI=1S/C4H8N2O4S2/c7-1-2(8)3(11)4(5-9)12-6-10/h2,4-5,7-9H,1H2/t2-,4?/m1/s1. The Bertz CT molecular complexity index is 167. The minimum atomic E-state index is -1.25. The summed E-state index contributed by atoms with van der Waals surface area (Å²) in [7, 11) is 0. The number of hydrogen-bond donors (Lipinski definition) is 4. The van der Waals surface area contributed by atoms with Gasteiger partial charge in [-0.3, -0.25) is 0 Å². The fourth-order valence-electron chi connectivity index (χ4n) is 0.447. The van der Waals surface area contributed by atoms with Crippen molar-refractivity contribution in [2.24, 2.45) is 4.58 Å². The average molecular weight is 212 g/mol. The van der Waals surface area contributed by atoms with Crippen molar-refractivity contribution in [1.29, 1.82) is 0 Å². The second kappa shape index (κ2) is 6.40. The van der Waals surface area contributed by atoms with Crippen LogP contribution in [0.5, 0.6) is 0 Å². The maximum absolute atomic E-state index is 9.75. The van der Waals surface area contributed by atoms with Crippen molar-refractivity contribution in [3.63, 3.8) is 0 Å². The highest BCUT2D eigenvalue weighted by molar-refractivity contribution is 8.00. The van der Waals surface area contributed by atoms with Gasteiger partial charge in [-0.05, 0) is 0 Å². The summed E-state index contributed by atoms with van der Waals surface area (Å²) >= 11 is 5.03. The van der Waals surface area contributed by atoms with Crippen molar-refractivity contribution < 1.29 is 15.4 Å². The molecule has 0 heterocycles. The summed E-state index contributed by atoms with van der Waals surface area (Å²) in [5.41, 5.74) is 1.67. The average Bonchev–Trinajstić information content (AvgIpc) is 2.11. The first kappa shape index (κ1) is 11.9. The Morgan fingerprint density at radius 3 is 2.67 bits per heavy atom. The highest BCUT2D eigenvalue weighted by Gasteiger charge is 2.21. The molecular formula is C4H8N2O4S2. The second-order valence-corrected chi connectivity index (χ2v) is 3.09. The van der Waals surface area contributed by atoms with Crippen molar-refractivity contribution in [1.82, 2.24) is 5.48 Å². The third-order valence-corrected chi connectivity index (χ3v) is 2.34. The number of nitrogens with zero attached hydrogens (tertiary/aromatic N) is 1. The van der Waals surface area contributed by atoms with Gasteiger partial charge in [0.05, 0.1) is 11.5 Å². The maximum Gasteiger partial charge on any atom is 0.136 e. The van der Waals surface area contributed by atoms with Crippen LogP contribution in [0.4, 0.5) is 0 Å². The van der Waals surface area contributed by atoms with E-state index in [4.69, 9.17) is 15.4 Å². The van der Waals surface area contributed by atoms with Gasteiger partial charge in [-0.1, -0.05) is 12.2 Å². The van der Waals surface area contributed by atoms with Crippen molar-refractivity contribution in [2.75, 3.05) is 6.61 Å². The van der Waals surface area contributed by atoms with Crippen LogP contribution in [0, 0.1) is 4.91 Å². The lowest BCUT2D eigenvalue weighted by atomic mass is 10.2. The third kappa shape index (κ3) is 3.52. The molecule has 0 bridgehead atoms. The van der Waals surface area contributed by atoms with Crippen LogP contribution in [0.15, 0.2) is 4.58 Å². The number of hydroxylamine groups is 1. The molecular weight excluding hydrogens is 204 g/mol. The van der Waals surface area contributed by atoms with Gasteiger partial charge in [-0.25, -0.2) is 0 Å². The number of aliphatic hydroxyl groups excluding tert-OH is 2. The van der Waals surface area contributed by atoms with Gasteiger partial charge in [-0.15, -0.1) is 4.91 Å². The smallest absolute Gasteiger partial charge is 0.136 e. The molecule has 0 amide bonds. The predicted molar refractivity (Wildman–Crippen MR) is 47.8 cm³/mol. The summed E-state index contributed by atoms with van der Waals surface area (Å²) in [5, 5.41) is 24.9. The van der Waals surface area contributed by atoms with Crippen LogP contribution in [0.1, 0.15) is 0 Å². The Balaban J connectivity index is 4.10. The molecule has 0 aromatic carbocycles. The van der Waals surface area contributed by atoms with E-state index in [1.165, 1.54) is 0 Å². The topological polar surface area (TPSA) is 102 Å². The van der Waals surface area contributed by atoms with Gasteiger partial charge in [0, 0.05) is 16.5 Å². The summed E-state index contributed by atoms with van der Waals surface area (Å²) in [6.45, 7) is -0.559. The molecule has 0 aliphatic heterocycles. The molecule has 0 spiro atoms. The van der Waals surface area contributed by atoms with Crippen molar-refractivity contribution in [3.8, 4) is 0 Å². The zero-order chi connectivity index (χ0) is 9.56. The molecule has 0 saturated carbocycles. The number of nitrogens with one attached hydrogen (secondary N) is 1. The van der Waals surface area contributed by atoms with Gasteiger partial charge in [0.15, 0.2) is 0 Å². The molecule has 8 heteroatoms. The zero-order valence-electron chi connectivity index (χ0n) is 5.88. The molecule has 0 saturated heterocycles. The van der Waals surface area contributed by atoms with Crippen molar-refractivity contribution in [2.45, 2.75) is 11.5 Å². The van der Waals surface area contributed by atoms with Crippen LogP contribution in [-0.4, -0.2) is 38.4 Å². The highest BCUT2D eigenvalue weighted by Crippen LogP contribution is 2.12. The lowest BCUT2D eigenvalue weighted by Crippen LogP contribution is -2.38. The molecule has 0 fully saturated rings. The molecule has 0 aromatic rings. The minimum Gasteiger partial charge on any atom is -0.393 e. The Hall–Kier alpha value is -0.120. The maximum atomic E-state index is 9.75. The molecule has 0 aliphatic rings. The van der Waals surface area contributed by atoms with E-state index in [0.717, 1.165) is 0 Å². The molecule has 0 rings (SSSR count). The van der Waals surface area contributed by atoms with Crippen LogP contribution < -0.4 is 5.48 Å². The first-order valence-corrected chi connectivity index (χ1v) is 4.12. The quantitative estimate of drug-likeness (QED) is 0.154. The molecule has 12 heavy (non-hydrogen) atoms. The number of rotatable bonds is 6. The van der Waals surface area contributed by atoms with E-state index in [9.17, 15) is 4.91 Å². The number of hydrogen-bond acceptors (Lipinski definition) is 8. The summed E-state index contributed by atoms with van der Waals surface area (Å²) in [5.74, 6) is 0. The lowest BCUT2D eigenvalue weighted by Gasteiger charge is -2.14. The van der Waals surface area contributed by atoms with Crippen LogP contribution in [0.25, 0.3) is 0 Å². The van der Waals surface area contributed by atoms with Crippen molar-refractivity contribution in [3.05, 3.63) is 4.91 Å². The molecule has 4 N–H and O–H groups in total. The predicted octanol–water partition coefficient (Wildman–Crippen LogP) is -0.571. The molecule has 1 unspecified atom stereocenters. The van der Waals surface area contributed by atoms with E-state index in [0.29, 0.717) is 11.9 Å². The first-order valence-electron chi connectivity index (χ1n) is 2.88. The zero-order valence-corrected chi connectivity index (χ0v) is 7.51. The Morgan fingerprint density at radius 2 is 2.33 bits per heavy atom. The van der Waals surface area contributed by atoms with Crippen LogP contribution in [0.3, 0.4) is 0 Å². The number of nitroso groups, excluding NO2 is 1. The van der Waals surface area contributed by atoms with Crippen LogP contribution in [-0.2, 0) is 0 Å². The van der Waals surface area contributed by atoms with Gasteiger partial charge in [0.2, 0.25) is 0 Å². The molecule has 0 aromatic heterocycles. The Labute approximate surface area is 78.0 Å². The fourth-order valence-corrected chi connectivity index (χ4v) is 1.10. The second-order valence-electron chi connectivity index (χ2n) is 1.79. The van der Waals surface area contributed by atoms with Crippen LogP contribution in [0.2, 0.25) is 0 Å². The molecule has 70 valence electrons. The SMILES string of the molecule is O=NSC(NO)C(=S)[C@H](O)CO. The van der Waals surface area contributed by atoms with Gasteiger partial charge in [0.1, 0.15) is 11.5 Å². The molecule has 6 nitrogen and oxygen atoms in total. The van der Waals surface area contributed by atoms with Crippen molar-refractivity contribution >= 4 is 29.0 Å². The number of aliphatic hydroxyl groups is 2. The van der Waals surface area contributed by atoms with E-state index in [-0.39, 0.29) is 4.86 Å². The summed E-state index contributed by atoms with van der Waals surface area (Å²) in [4.78, 5) is 9.67. The Kier molecular flexibility index (Phi) is 6.34. The first-order chi connectivity index (χ1) is 5.67. The Morgan fingerprint density at radius 1 is 1.75 bits per heavy atom. The van der Waals surface area contributed by atoms with Gasteiger partial charge >= 0.3 is 0 Å². The van der Waals surface area contributed by atoms with Gasteiger partial charge < -0.3 is 15.4 Å². The minimum absolute atomic E-state index is 0.0791. The van der Waals surface area contributed by atoms with Crippen LogP contribution >= 0.6 is 24.2 Å². The molecule has 0 radical (unpaired) electrons. The summed E-state index contributed by atoms with van der Waals surface area (Å²) < 4.78 is 2.41. The normalized spacial score (nSPS) is 15.2. The molecule has 0 aliphatic carbocycles. The monoisotopic (exact) mass is 212 g/mol. The third-order valence-electron chi connectivity index (χ3n) is 1.03.